The lowest BCUT2D eigenvalue weighted by atomic mass is 10.1. The van der Waals surface area contributed by atoms with Gasteiger partial charge >= 0.3 is 6.18 Å². The average molecular weight is 459 g/mol. The molecule has 0 spiro atoms. The van der Waals surface area contributed by atoms with Crippen molar-refractivity contribution < 1.29 is 22.4 Å². The fourth-order valence-corrected chi connectivity index (χ4v) is 3.80. The monoisotopic (exact) mass is 459 g/mol. The summed E-state index contributed by atoms with van der Waals surface area (Å²) in [6, 6.07) is 14.4. The number of halogens is 3. The molecule has 3 aromatic rings. The predicted molar refractivity (Wildman–Crippen MR) is 116 cm³/mol. The van der Waals surface area contributed by atoms with Crippen molar-refractivity contribution >= 4 is 11.6 Å². The largest absolute Gasteiger partial charge is 0.419 e. The Kier molecular flexibility index (Phi) is 6.75. The topological polar surface area (TPSA) is 74.5 Å². The second kappa shape index (κ2) is 9.72. The van der Waals surface area contributed by atoms with Gasteiger partial charge in [0.15, 0.2) is 0 Å². The lowest BCUT2D eigenvalue weighted by Crippen LogP contribution is -2.49. The highest BCUT2D eigenvalue weighted by Gasteiger charge is 2.34. The van der Waals surface area contributed by atoms with Gasteiger partial charge in [-0.15, -0.1) is 10.2 Å². The fourth-order valence-electron chi connectivity index (χ4n) is 3.80. The molecule has 0 aliphatic carbocycles. The summed E-state index contributed by atoms with van der Waals surface area (Å²) >= 11 is 0. The molecule has 4 rings (SSSR count). The van der Waals surface area contributed by atoms with E-state index in [1.54, 1.807) is 0 Å². The van der Waals surface area contributed by atoms with Crippen LogP contribution in [0, 0.1) is 0 Å². The molecule has 0 unspecified atom stereocenters. The molecule has 0 saturated carbocycles. The molecule has 1 amide bonds. The molecule has 1 aromatic heterocycles. The number of para-hydroxylation sites is 1. The summed E-state index contributed by atoms with van der Waals surface area (Å²) in [5.41, 5.74) is -0.231. The van der Waals surface area contributed by atoms with E-state index in [-0.39, 0.29) is 18.3 Å². The molecule has 0 radical (unpaired) electrons. The summed E-state index contributed by atoms with van der Waals surface area (Å²) in [5.74, 6) is 0.508. The van der Waals surface area contributed by atoms with Crippen molar-refractivity contribution in [2.75, 3.05) is 38.0 Å². The molecule has 174 valence electrons. The number of amides is 1. The lowest BCUT2D eigenvalue weighted by molar-refractivity contribution is -0.137. The Balaban J connectivity index is 1.30. The average Bonchev–Trinajstić information content (AvgIpc) is 3.30. The van der Waals surface area contributed by atoms with Crippen LogP contribution in [0.3, 0.4) is 0 Å². The molecule has 33 heavy (non-hydrogen) atoms. The molecule has 1 fully saturated rings. The molecular weight excluding hydrogens is 435 g/mol. The van der Waals surface area contributed by atoms with E-state index in [1.807, 2.05) is 42.2 Å². The molecular formula is C23H24F3N5O2. The lowest BCUT2D eigenvalue weighted by Gasteiger charge is -2.36. The predicted octanol–water partition coefficient (Wildman–Crippen LogP) is 4.07. The van der Waals surface area contributed by atoms with Gasteiger partial charge in [-0.3, -0.25) is 14.6 Å². The number of anilines is 1. The molecule has 1 saturated heterocycles. The molecule has 1 aliphatic heterocycles. The zero-order chi connectivity index (χ0) is 23.4. The van der Waals surface area contributed by atoms with Gasteiger partial charge in [0.05, 0.1) is 23.8 Å². The summed E-state index contributed by atoms with van der Waals surface area (Å²) in [7, 11) is 0. The number of rotatable bonds is 6. The summed E-state index contributed by atoms with van der Waals surface area (Å²) in [5, 5.41) is 10.7. The second-order valence-corrected chi connectivity index (χ2v) is 7.89. The minimum absolute atomic E-state index is 0.0210. The maximum atomic E-state index is 13.1. The van der Waals surface area contributed by atoms with Gasteiger partial charge in [-0.25, -0.2) is 0 Å². The first-order valence-corrected chi connectivity index (χ1v) is 10.6. The van der Waals surface area contributed by atoms with Crippen molar-refractivity contribution in [2.24, 2.45) is 0 Å². The highest BCUT2D eigenvalue weighted by molar-refractivity contribution is 5.93. The fraction of sp³-hybridized carbons (Fsp3) is 0.348. The molecule has 1 atom stereocenters. The van der Waals surface area contributed by atoms with E-state index in [1.165, 1.54) is 18.2 Å². The highest BCUT2D eigenvalue weighted by atomic mass is 19.4. The number of hydrogen-bond acceptors (Lipinski definition) is 6. The number of carbonyl (C=O) groups is 1. The van der Waals surface area contributed by atoms with E-state index in [0.29, 0.717) is 38.0 Å². The van der Waals surface area contributed by atoms with E-state index in [0.717, 1.165) is 11.6 Å². The van der Waals surface area contributed by atoms with Crippen LogP contribution in [0.25, 0.3) is 11.5 Å². The van der Waals surface area contributed by atoms with Crippen molar-refractivity contribution in [3.05, 3.63) is 66.1 Å². The zero-order valence-electron chi connectivity index (χ0n) is 18.0. The summed E-state index contributed by atoms with van der Waals surface area (Å²) in [6.07, 6.45) is -4.53. The third-order valence-electron chi connectivity index (χ3n) is 5.65. The third kappa shape index (κ3) is 5.58. The number of aromatic nitrogens is 2. The van der Waals surface area contributed by atoms with Crippen LogP contribution in [-0.4, -0.2) is 58.6 Å². The van der Waals surface area contributed by atoms with Crippen molar-refractivity contribution in [3.63, 3.8) is 0 Å². The number of nitrogens with zero attached hydrogens (tertiary/aromatic N) is 4. The van der Waals surface area contributed by atoms with Gasteiger partial charge in [0.25, 0.3) is 0 Å². The molecule has 2 aromatic carbocycles. The van der Waals surface area contributed by atoms with Crippen molar-refractivity contribution in [1.29, 1.82) is 0 Å². The Morgan fingerprint density at radius 2 is 1.70 bits per heavy atom. The Morgan fingerprint density at radius 3 is 2.39 bits per heavy atom. The zero-order valence-corrected chi connectivity index (χ0v) is 18.0. The first kappa shape index (κ1) is 22.9. The van der Waals surface area contributed by atoms with Gasteiger partial charge in [-0.05, 0) is 31.2 Å². The van der Waals surface area contributed by atoms with Crippen LogP contribution in [0.2, 0.25) is 0 Å². The maximum absolute atomic E-state index is 13.1. The molecule has 0 bridgehead atoms. The Labute approximate surface area is 189 Å². The highest BCUT2D eigenvalue weighted by Crippen LogP contribution is 2.34. The van der Waals surface area contributed by atoms with Crippen LogP contribution in [0.1, 0.15) is 24.4 Å². The number of hydrogen-bond donors (Lipinski definition) is 1. The molecule has 1 N–H and O–H groups in total. The van der Waals surface area contributed by atoms with Gasteiger partial charge in [-0.1, -0.05) is 30.3 Å². The Bertz CT molecular complexity index is 1080. The molecule has 7 nitrogen and oxygen atoms in total. The molecule has 1 aliphatic rings. The van der Waals surface area contributed by atoms with Crippen molar-refractivity contribution in [1.82, 2.24) is 20.0 Å². The van der Waals surface area contributed by atoms with Gasteiger partial charge < -0.3 is 9.73 Å². The van der Waals surface area contributed by atoms with E-state index >= 15 is 0 Å². The molecule has 10 heteroatoms. The normalized spacial score (nSPS) is 16.5. The minimum atomic E-state index is -4.53. The van der Waals surface area contributed by atoms with Crippen molar-refractivity contribution in [2.45, 2.75) is 19.1 Å². The number of alkyl halides is 3. The van der Waals surface area contributed by atoms with Crippen LogP contribution in [0.4, 0.5) is 18.9 Å². The molecule has 2 heterocycles. The number of nitrogens with one attached hydrogen (secondary N) is 1. The van der Waals surface area contributed by atoms with Crippen LogP contribution in [-0.2, 0) is 11.0 Å². The van der Waals surface area contributed by atoms with E-state index in [2.05, 4.69) is 20.4 Å². The van der Waals surface area contributed by atoms with Gasteiger partial charge in [0, 0.05) is 31.7 Å². The van der Waals surface area contributed by atoms with E-state index in [4.69, 9.17) is 4.42 Å². The summed E-state index contributed by atoms with van der Waals surface area (Å²) < 4.78 is 45.2. The number of piperazine rings is 1. The van der Waals surface area contributed by atoms with Crippen LogP contribution >= 0.6 is 0 Å². The van der Waals surface area contributed by atoms with E-state index < -0.39 is 17.6 Å². The Morgan fingerprint density at radius 1 is 1.03 bits per heavy atom. The first-order chi connectivity index (χ1) is 15.8. The maximum Gasteiger partial charge on any atom is 0.418 e. The van der Waals surface area contributed by atoms with Crippen LogP contribution in [0.15, 0.2) is 59.0 Å². The second-order valence-electron chi connectivity index (χ2n) is 7.89. The third-order valence-corrected chi connectivity index (χ3v) is 5.65. The number of benzene rings is 2. The van der Waals surface area contributed by atoms with Crippen LogP contribution in [0.5, 0.6) is 0 Å². The Hall–Kier alpha value is -3.24. The quantitative estimate of drug-likeness (QED) is 0.599. The van der Waals surface area contributed by atoms with Crippen LogP contribution < -0.4 is 5.32 Å². The summed E-state index contributed by atoms with van der Waals surface area (Å²) in [4.78, 5) is 16.5. The summed E-state index contributed by atoms with van der Waals surface area (Å²) in [6.45, 7) is 4.52. The minimum Gasteiger partial charge on any atom is -0.419 e. The SMILES string of the molecule is C[C@@H](c1nnc(-c2ccccc2)o1)N1CCN(CC(=O)Nc2ccccc2C(F)(F)F)CC1. The van der Waals surface area contributed by atoms with Gasteiger partial charge in [0.1, 0.15) is 0 Å². The first-order valence-electron chi connectivity index (χ1n) is 10.6. The standard InChI is InChI=1S/C23H24F3N5O2/c1-16(21-28-29-22(33-21)17-7-3-2-4-8-17)31-13-11-30(12-14-31)15-20(32)27-19-10-6-5-9-18(19)23(24,25)26/h2-10,16H,11-15H2,1H3,(H,27,32)/t16-/m0/s1. The van der Waals surface area contributed by atoms with Gasteiger partial charge in [-0.2, -0.15) is 13.2 Å². The smallest absolute Gasteiger partial charge is 0.418 e. The van der Waals surface area contributed by atoms with Crippen molar-refractivity contribution in [3.8, 4) is 11.5 Å². The van der Waals surface area contributed by atoms with E-state index in [9.17, 15) is 18.0 Å². The van der Waals surface area contributed by atoms with Gasteiger partial charge in [0.2, 0.25) is 17.7 Å². The number of carbonyl (C=O) groups excluding carboxylic acids is 1.